The molecule has 1 aliphatic heterocycles. The third-order valence-corrected chi connectivity index (χ3v) is 5.66. The van der Waals surface area contributed by atoms with E-state index in [0.29, 0.717) is 11.7 Å². The van der Waals surface area contributed by atoms with Gasteiger partial charge in [0.2, 0.25) is 5.91 Å². The summed E-state index contributed by atoms with van der Waals surface area (Å²) in [5, 5.41) is 10.3. The summed E-state index contributed by atoms with van der Waals surface area (Å²) in [5.41, 5.74) is -0.117. The maximum absolute atomic E-state index is 12.5. The zero-order valence-electron chi connectivity index (χ0n) is 14.9. The lowest BCUT2D eigenvalue weighted by Crippen LogP contribution is -2.37. The molecule has 1 aliphatic rings. The number of hydrogen-bond acceptors (Lipinski definition) is 5. The smallest absolute Gasteiger partial charge is 0.241 e. The van der Waals surface area contributed by atoms with Crippen LogP contribution < -0.4 is 10.6 Å². The van der Waals surface area contributed by atoms with E-state index in [1.807, 2.05) is 19.9 Å². The molecule has 1 amide bonds. The number of nitrogens with one attached hydrogen (secondary N) is 2. The highest BCUT2D eigenvalue weighted by Gasteiger charge is 2.31. The number of anilines is 1. The minimum Gasteiger partial charge on any atom is -0.359 e. The van der Waals surface area contributed by atoms with Gasteiger partial charge in [-0.1, -0.05) is 25.9 Å². The molecule has 0 bridgehead atoms. The minimum atomic E-state index is -0.488. The van der Waals surface area contributed by atoms with Crippen molar-refractivity contribution in [2.24, 2.45) is 5.92 Å². The number of amides is 1. The zero-order valence-corrected chi connectivity index (χ0v) is 15.7. The first kappa shape index (κ1) is 18.3. The summed E-state index contributed by atoms with van der Waals surface area (Å²) < 4.78 is 4.83. The number of rotatable bonds is 5. The van der Waals surface area contributed by atoms with E-state index < -0.39 is 4.75 Å². The number of hydrogen-bond donors (Lipinski definition) is 2. The van der Waals surface area contributed by atoms with Crippen LogP contribution in [0.5, 0.6) is 0 Å². The molecule has 6 heteroatoms. The number of aromatic nitrogens is 1. The van der Waals surface area contributed by atoms with Crippen LogP contribution in [-0.2, 0) is 10.2 Å². The number of piperidine rings is 1. The molecule has 1 aromatic rings. The summed E-state index contributed by atoms with van der Waals surface area (Å²) in [6.07, 6.45) is 2.47. The van der Waals surface area contributed by atoms with E-state index in [4.69, 9.17) is 4.52 Å². The third-order valence-electron chi connectivity index (χ3n) is 4.12. The number of nitrogens with zero attached hydrogens (tertiary/aromatic N) is 1. The SMILES string of the molecule is CC(C)(SCC1CCCNC1)C(=O)Nc1cc(C(C)(C)C)on1. The van der Waals surface area contributed by atoms with E-state index in [9.17, 15) is 4.79 Å². The maximum Gasteiger partial charge on any atom is 0.241 e. The van der Waals surface area contributed by atoms with E-state index in [0.717, 1.165) is 24.6 Å². The minimum absolute atomic E-state index is 0.0278. The zero-order chi connectivity index (χ0) is 17.1. The van der Waals surface area contributed by atoms with Crippen molar-refractivity contribution in [2.45, 2.75) is 57.6 Å². The first-order chi connectivity index (χ1) is 10.7. The molecule has 130 valence electrons. The molecule has 23 heavy (non-hydrogen) atoms. The molecule has 1 aromatic heterocycles. The molecule has 2 N–H and O–H groups in total. The van der Waals surface area contributed by atoms with Crippen LogP contribution in [0.25, 0.3) is 0 Å². The average molecular weight is 340 g/mol. The normalized spacial score (nSPS) is 19.6. The molecule has 5 nitrogen and oxygen atoms in total. The van der Waals surface area contributed by atoms with Gasteiger partial charge in [-0.15, -0.1) is 11.8 Å². The molecule has 2 heterocycles. The quantitative estimate of drug-likeness (QED) is 0.860. The number of carbonyl (C=O) groups is 1. The van der Waals surface area contributed by atoms with Crippen LogP contribution in [0.4, 0.5) is 5.82 Å². The predicted octanol–water partition coefficient (Wildman–Crippen LogP) is 3.42. The lowest BCUT2D eigenvalue weighted by atomic mass is 9.93. The fraction of sp³-hybridized carbons (Fsp3) is 0.765. The highest BCUT2D eigenvalue weighted by atomic mass is 32.2. The van der Waals surface area contributed by atoms with Crippen LogP contribution in [0.15, 0.2) is 10.6 Å². The van der Waals surface area contributed by atoms with Gasteiger partial charge in [-0.2, -0.15) is 0 Å². The molecule has 1 unspecified atom stereocenters. The Bertz CT molecular complexity index is 528. The Kier molecular flexibility index (Phi) is 5.79. The Hall–Kier alpha value is -1.01. The Balaban J connectivity index is 1.88. The third kappa shape index (κ3) is 5.24. The van der Waals surface area contributed by atoms with Crippen molar-refractivity contribution in [3.63, 3.8) is 0 Å². The van der Waals surface area contributed by atoms with E-state index in [-0.39, 0.29) is 11.3 Å². The second-order valence-electron chi connectivity index (χ2n) is 7.81. The fourth-order valence-electron chi connectivity index (χ4n) is 2.41. The van der Waals surface area contributed by atoms with Gasteiger partial charge in [0.1, 0.15) is 5.76 Å². The van der Waals surface area contributed by atoms with E-state index >= 15 is 0 Å². The van der Waals surface area contributed by atoms with E-state index in [1.165, 1.54) is 12.8 Å². The first-order valence-electron chi connectivity index (χ1n) is 8.32. The van der Waals surface area contributed by atoms with Crippen molar-refractivity contribution >= 4 is 23.5 Å². The molecule has 1 atom stereocenters. The van der Waals surface area contributed by atoms with Crippen molar-refractivity contribution in [1.29, 1.82) is 0 Å². The van der Waals surface area contributed by atoms with Crippen molar-refractivity contribution in [3.8, 4) is 0 Å². The Morgan fingerprint density at radius 3 is 2.74 bits per heavy atom. The lowest BCUT2D eigenvalue weighted by molar-refractivity contribution is -0.117. The maximum atomic E-state index is 12.5. The fourth-order valence-corrected chi connectivity index (χ4v) is 3.53. The molecular weight excluding hydrogens is 310 g/mol. The van der Waals surface area contributed by atoms with Crippen LogP contribution in [-0.4, -0.2) is 34.7 Å². The summed E-state index contributed by atoms with van der Waals surface area (Å²) in [4.78, 5) is 12.5. The van der Waals surface area contributed by atoms with E-state index in [2.05, 4.69) is 36.6 Å². The molecule has 0 spiro atoms. The Labute approximate surface area is 143 Å². The van der Waals surface area contributed by atoms with Crippen molar-refractivity contribution < 1.29 is 9.32 Å². The Morgan fingerprint density at radius 2 is 2.17 bits per heavy atom. The summed E-state index contributed by atoms with van der Waals surface area (Å²) in [7, 11) is 0. The summed E-state index contributed by atoms with van der Waals surface area (Å²) >= 11 is 1.71. The molecule has 0 aromatic carbocycles. The largest absolute Gasteiger partial charge is 0.359 e. The van der Waals surface area contributed by atoms with Crippen LogP contribution in [0.2, 0.25) is 0 Å². The molecule has 2 rings (SSSR count). The van der Waals surface area contributed by atoms with Crippen molar-refractivity contribution in [1.82, 2.24) is 10.5 Å². The van der Waals surface area contributed by atoms with Gasteiger partial charge in [-0.3, -0.25) is 4.79 Å². The molecule has 0 radical (unpaired) electrons. The van der Waals surface area contributed by atoms with Gasteiger partial charge < -0.3 is 15.2 Å². The first-order valence-corrected chi connectivity index (χ1v) is 9.30. The summed E-state index contributed by atoms with van der Waals surface area (Å²) in [6.45, 7) is 12.3. The van der Waals surface area contributed by atoms with Gasteiger partial charge in [0.25, 0.3) is 0 Å². The van der Waals surface area contributed by atoms with Gasteiger partial charge in [0, 0.05) is 11.5 Å². The van der Waals surface area contributed by atoms with Crippen LogP contribution >= 0.6 is 11.8 Å². The van der Waals surface area contributed by atoms with E-state index in [1.54, 1.807) is 11.8 Å². The number of carbonyl (C=O) groups excluding carboxylic acids is 1. The van der Waals surface area contributed by atoms with Gasteiger partial charge in [-0.05, 0) is 51.4 Å². The van der Waals surface area contributed by atoms with Crippen LogP contribution in [0.1, 0.15) is 53.2 Å². The monoisotopic (exact) mass is 339 g/mol. The molecule has 0 aliphatic carbocycles. The van der Waals surface area contributed by atoms with Gasteiger partial charge in [-0.25, -0.2) is 0 Å². The molecule has 0 saturated carbocycles. The van der Waals surface area contributed by atoms with Crippen LogP contribution in [0, 0.1) is 5.92 Å². The highest BCUT2D eigenvalue weighted by molar-refractivity contribution is 8.01. The second-order valence-corrected chi connectivity index (χ2v) is 9.46. The lowest BCUT2D eigenvalue weighted by Gasteiger charge is -2.27. The standard InChI is InChI=1S/C17H29N3O2S/c1-16(2,3)13-9-14(20-22-13)19-15(21)17(4,5)23-11-12-7-6-8-18-10-12/h9,12,18H,6-8,10-11H2,1-5H3,(H,19,20,21). The number of thioether (sulfide) groups is 1. The Morgan fingerprint density at radius 1 is 1.43 bits per heavy atom. The molecular formula is C17H29N3O2S. The predicted molar refractivity (Wildman–Crippen MR) is 96.0 cm³/mol. The van der Waals surface area contributed by atoms with Gasteiger partial charge in [0.05, 0.1) is 4.75 Å². The van der Waals surface area contributed by atoms with Gasteiger partial charge in [0.15, 0.2) is 5.82 Å². The molecule has 1 fully saturated rings. The summed E-state index contributed by atoms with van der Waals surface area (Å²) in [5.74, 6) is 2.89. The topological polar surface area (TPSA) is 67.2 Å². The summed E-state index contributed by atoms with van der Waals surface area (Å²) in [6, 6.07) is 1.81. The highest BCUT2D eigenvalue weighted by Crippen LogP contribution is 2.30. The second kappa shape index (κ2) is 7.26. The van der Waals surface area contributed by atoms with Crippen molar-refractivity contribution in [2.75, 3.05) is 24.2 Å². The average Bonchev–Trinajstić information content (AvgIpc) is 2.95. The van der Waals surface area contributed by atoms with Gasteiger partial charge >= 0.3 is 0 Å². The van der Waals surface area contributed by atoms with Crippen LogP contribution in [0.3, 0.4) is 0 Å². The van der Waals surface area contributed by atoms with Crippen molar-refractivity contribution in [3.05, 3.63) is 11.8 Å². The molecule has 1 saturated heterocycles.